The number of carbonyl (C=O) groups excluding carboxylic acids is 1. The minimum atomic E-state index is 0.117. The molecule has 1 unspecified atom stereocenters. The van der Waals surface area contributed by atoms with Gasteiger partial charge in [0.1, 0.15) is 0 Å². The average molecular weight is 334 g/mol. The van der Waals surface area contributed by atoms with Crippen LogP contribution in [0.15, 0.2) is 40.9 Å². The number of halogens is 1. The molecule has 3 heteroatoms. The molecule has 0 aromatic heterocycles. The van der Waals surface area contributed by atoms with Gasteiger partial charge in [0, 0.05) is 22.6 Å². The van der Waals surface area contributed by atoms with E-state index in [1.54, 1.807) is 0 Å². The van der Waals surface area contributed by atoms with Crippen LogP contribution in [-0.4, -0.2) is 23.4 Å². The number of nitrogens with zero attached hydrogens (tertiary/aromatic N) is 1. The second kappa shape index (κ2) is 6.40. The SMILES string of the molecule is CCC(C)N(CC)C(=O)c1ccc2cc(Br)ccc2c1. The third-order valence-electron chi connectivity index (χ3n) is 3.77. The summed E-state index contributed by atoms with van der Waals surface area (Å²) in [5.41, 5.74) is 0.766. The van der Waals surface area contributed by atoms with Crippen molar-refractivity contribution in [2.24, 2.45) is 0 Å². The Bertz CT molecular complexity index is 623. The summed E-state index contributed by atoms with van der Waals surface area (Å²) < 4.78 is 1.05. The Morgan fingerprint density at radius 1 is 1.15 bits per heavy atom. The van der Waals surface area contributed by atoms with Crippen molar-refractivity contribution in [3.8, 4) is 0 Å². The Labute approximate surface area is 128 Å². The lowest BCUT2D eigenvalue weighted by molar-refractivity contribution is 0.0700. The Morgan fingerprint density at radius 2 is 1.80 bits per heavy atom. The molecule has 0 spiro atoms. The largest absolute Gasteiger partial charge is 0.336 e. The summed E-state index contributed by atoms with van der Waals surface area (Å²) in [5.74, 6) is 0.117. The predicted molar refractivity (Wildman–Crippen MR) is 88.1 cm³/mol. The summed E-state index contributed by atoms with van der Waals surface area (Å²) in [4.78, 5) is 14.5. The molecule has 1 amide bonds. The maximum Gasteiger partial charge on any atom is 0.254 e. The second-order valence-corrected chi connectivity index (χ2v) is 5.97. The van der Waals surface area contributed by atoms with Gasteiger partial charge in [-0.3, -0.25) is 4.79 Å². The van der Waals surface area contributed by atoms with Gasteiger partial charge in [-0.05, 0) is 55.3 Å². The molecule has 0 saturated heterocycles. The van der Waals surface area contributed by atoms with E-state index in [1.807, 2.05) is 42.2 Å². The smallest absolute Gasteiger partial charge is 0.254 e. The maximum atomic E-state index is 12.6. The number of rotatable bonds is 4. The van der Waals surface area contributed by atoms with E-state index in [-0.39, 0.29) is 11.9 Å². The van der Waals surface area contributed by atoms with Crippen LogP contribution in [0, 0.1) is 0 Å². The van der Waals surface area contributed by atoms with Crippen molar-refractivity contribution in [2.45, 2.75) is 33.2 Å². The molecule has 0 saturated carbocycles. The molecule has 0 fully saturated rings. The van der Waals surface area contributed by atoms with Gasteiger partial charge in [0.05, 0.1) is 0 Å². The highest BCUT2D eigenvalue weighted by Crippen LogP contribution is 2.22. The van der Waals surface area contributed by atoms with E-state index in [4.69, 9.17) is 0 Å². The molecule has 0 aliphatic carbocycles. The lowest BCUT2D eigenvalue weighted by Crippen LogP contribution is -2.38. The van der Waals surface area contributed by atoms with Crippen molar-refractivity contribution in [1.82, 2.24) is 4.90 Å². The fraction of sp³-hybridized carbons (Fsp3) is 0.353. The fourth-order valence-corrected chi connectivity index (χ4v) is 2.77. The monoisotopic (exact) mass is 333 g/mol. The summed E-state index contributed by atoms with van der Waals surface area (Å²) in [6.07, 6.45) is 0.972. The van der Waals surface area contributed by atoms with Crippen LogP contribution in [0.4, 0.5) is 0 Å². The van der Waals surface area contributed by atoms with E-state index in [1.165, 1.54) is 0 Å². The van der Waals surface area contributed by atoms with Crippen LogP contribution in [-0.2, 0) is 0 Å². The van der Waals surface area contributed by atoms with Crippen molar-refractivity contribution in [2.75, 3.05) is 6.54 Å². The van der Waals surface area contributed by atoms with Gasteiger partial charge >= 0.3 is 0 Å². The fourth-order valence-electron chi connectivity index (χ4n) is 2.39. The second-order valence-electron chi connectivity index (χ2n) is 5.05. The van der Waals surface area contributed by atoms with Crippen molar-refractivity contribution < 1.29 is 4.79 Å². The van der Waals surface area contributed by atoms with E-state index in [9.17, 15) is 4.79 Å². The minimum Gasteiger partial charge on any atom is -0.336 e. The van der Waals surface area contributed by atoms with Gasteiger partial charge in [-0.15, -0.1) is 0 Å². The number of amides is 1. The number of benzene rings is 2. The third kappa shape index (κ3) is 3.04. The zero-order valence-electron chi connectivity index (χ0n) is 12.2. The summed E-state index contributed by atoms with van der Waals surface area (Å²) in [7, 11) is 0. The molecule has 0 bridgehead atoms. The van der Waals surface area contributed by atoms with Gasteiger partial charge in [-0.1, -0.05) is 35.0 Å². The van der Waals surface area contributed by atoms with Crippen LogP contribution in [0.5, 0.6) is 0 Å². The Morgan fingerprint density at radius 3 is 2.45 bits per heavy atom. The van der Waals surface area contributed by atoms with Crippen LogP contribution in [0.25, 0.3) is 10.8 Å². The Balaban J connectivity index is 2.37. The number of hydrogen-bond acceptors (Lipinski definition) is 1. The molecular formula is C17H20BrNO. The molecular weight excluding hydrogens is 314 g/mol. The van der Waals surface area contributed by atoms with E-state index >= 15 is 0 Å². The van der Waals surface area contributed by atoms with Gasteiger partial charge in [-0.25, -0.2) is 0 Å². The molecule has 0 aliphatic rings. The summed E-state index contributed by atoms with van der Waals surface area (Å²) in [6.45, 7) is 6.98. The van der Waals surface area contributed by atoms with Crippen LogP contribution in [0.3, 0.4) is 0 Å². The standard InChI is InChI=1S/C17H20BrNO/c1-4-12(3)19(5-2)17(20)15-7-6-14-11-16(18)9-8-13(14)10-15/h6-12H,4-5H2,1-3H3. The average Bonchev–Trinajstić information content (AvgIpc) is 2.46. The van der Waals surface area contributed by atoms with Crippen molar-refractivity contribution in [1.29, 1.82) is 0 Å². The lowest BCUT2D eigenvalue weighted by atomic mass is 10.1. The summed E-state index contributed by atoms with van der Waals surface area (Å²) >= 11 is 3.47. The highest BCUT2D eigenvalue weighted by molar-refractivity contribution is 9.10. The normalized spacial score (nSPS) is 12.4. The number of carbonyl (C=O) groups is 1. The number of fused-ring (bicyclic) bond motifs is 1. The lowest BCUT2D eigenvalue weighted by Gasteiger charge is -2.27. The van der Waals surface area contributed by atoms with Gasteiger partial charge in [0.25, 0.3) is 5.91 Å². The molecule has 2 nitrogen and oxygen atoms in total. The first-order valence-corrected chi connectivity index (χ1v) is 7.86. The Hall–Kier alpha value is -1.35. The quantitative estimate of drug-likeness (QED) is 0.782. The van der Waals surface area contributed by atoms with Crippen molar-refractivity contribution >= 4 is 32.6 Å². The van der Waals surface area contributed by atoms with Crippen LogP contribution in [0.1, 0.15) is 37.6 Å². The molecule has 20 heavy (non-hydrogen) atoms. The highest BCUT2D eigenvalue weighted by Gasteiger charge is 2.18. The minimum absolute atomic E-state index is 0.117. The maximum absolute atomic E-state index is 12.6. The van der Waals surface area contributed by atoms with Crippen LogP contribution >= 0.6 is 15.9 Å². The van der Waals surface area contributed by atoms with E-state index in [0.717, 1.165) is 33.8 Å². The van der Waals surface area contributed by atoms with Gasteiger partial charge in [0.15, 0.2) is 0 Å². The van der Waals surface area contributed by atoms with E-state index in [2.05, 4.69) is 35.8 Å². The van der Waals surface area contributed by atoms with Crippen molar-refractivity contribution in [3.05, 3.63) is 46.4 Å². The van der Waals surface area contributed by atoms with Gasteiger partial charge in [-0.2, -0.15) is 0 Å². The third-order valence-corrected chi connectivity index (χ3v) is 4.27. The summed E-state index contributed by atoms with van der Waals surface area (Å²) in [6, 6.07) is 12.3. The van der Waals surface area contributed by atoms with E-state index < -0.39 is 0 Å². The first-order valence-electron chi connectivity index (χ1n) is 7.07. The molecule has 0 aliphatic heterocycles. The van der Waals surface area contributed by atoms with Crippen molar-refractivity contribution in [3.63, 3.8) is 0 Å². The molecule has 0 radical (unpaired) electrons. The predicted octanol–water partition coefficient (Wildman–Crippen LogP) is 4.86. The first-order chi connectivity index (χ1) is 9.56. The molecule has 1 atom stereocenters. The van der Waals surface area contributed by atoms with Gasteiger partial charge in [0.2, 0.25) is 0 Å². The number of hydrogen-bond donors (Lipinski definition) is 0. The van der Waals surface area contributed by atoms with Crippen LogP contribution < -0.4 is 0 Å². The first kappa shape index (κ1) is 15.0. The Kier molecular flexibility index (Phi) is 4.81. The molecule has 2 rings (SSSR count). The topological polar surface area (TPSA) is 20.3 Å². The molecule has 0 N–H and O–H groups in total. The zero-order chi connectivity index (χ0) is 14.7. The van der Waals surface area contributed by atoms with E-state index in [0.29, 0.717) is 0 Å². The molecule has 2 aromatic rings. The van der Waals surface area contributed by atoms with Gasteiger partial charge < -0.3 is 4.90 Å². The van der Waals surface area contributed by atoms with Crippen LogP contribution in [0.2, 0.25) is 0 Å². The molecule has 106 valence electrons. The molecule has 0 heterocycles. The zero-order valence-corrected chi connectivity index (χ0v) is 13.8. The summed E-state index contributed by atoms with van der Waals surface area (Å²) in [5, 5.41) is 2.24. The highest BCUT2D eigenvalue weighted by atomic mass is 79.9. The molecule has 2 aromatic carbocycles.